The monoisotopic (exact) mass is 214 g/mol. The Balaban J connectivity index is 2.15. The molecule has 0 radical (unpaired) electrons. The van der Waals surface area contributed by atoms with Crippen LogP contribution in [0, 0.1) is 5.82 Å². The molecule has 0 aliphatic carbocycles. The van der Waals surface area contributed by atoms with Crippen LogP contribution in [0.4, 0.5) is 4.39 Å². The van der Waals surface area contributed by atoms with Crippen molar-refractivity contribution in [3.63, 3.8) is 0 Å². The van der Waals surface area contributed by atoms with Crippen molar-refractivity contribution in [3.05, 3.63) is 60.5 Å². The molecular weight excluding hydrogens is 205 g/mol. The first-order valence-electron chi connectivity index (χ1n) is 4.99. The molecule has 2 heterocycles. The number of benzene rings is 1. The Morgan fingerprint density at radius 1 is 1.00 bits per heavy atom. The Morgan fingerprint density at radius 2 is 1.81 bits per heavy atom. The van der Waals surface area contributed by atoms with Crippen molar-refractivity contribution in [3.8, 4) is 11.3 Å². The topological polar surface area (TPSA) is 17.2 Å². The standard InChI is InChI=1S/C13H9FNO/c14-11-6-4-10(5-7-11)13-9-12-3-1-2-8-15(12)16-13/h1-9H/q+1. The average Bonchev–Trinajstić information content (AvgIpc) is 2.73. The third kappa shape index (κ3) is 1.46. The molecule has 0 unspecified atom stereocenters. The number of fused-ring (bicyclic) bond motifs is 1. The maximum Gasteiger partial charge on any atom is 0.262 e. The summed E-state index contributed by atoms with van der Waals surface area (Å²) in [6.07, 6.45) is 1.84. The summed E-state index contributed by atoms with van der Waals surface area (Å²) >= 11 is 0. The van der Waals surface area contributed by atoms with E-state index in [1.807, 2.05) is 30.5 Å². The molecular formula is C13H9FNO+. The lowest BCUT2D eigenvalue weighted by molar-refractivity contribution is -0.714. The molecule has 3 heteroatoms. The van der Waals surface area contributed by atoms with E-state index in [2.05, 4.69) is 0 Å². The molecule has 2 aromatic heterocycles. The predicted octanol–water partition coefficient (Wildman–Crippen LogP) is 2.82. The Hall–Kier alpha value is -2.16. The molecule has 0 aliphatic rings. The van der Waals surface area contributed by atoms with Crippen LogP contribution in [0.25, 0.3) is 16.8 Å². The molecule has 2 nitrogen and oxygen atoms in total. The van der Waals surface area contributed by atoms with Gasteiger partial charge < -0.3 is 0 Å². The van der Waals surface area contributed by atoms with Crippen molar-refractivity contribution in [2.75, 3.05) is 0 Å². The molecule has 0 N–H and O–H groups in total. The van der Waals surface area contributed by atoms with Gasteiger partial charge in [0.1, 0.15) is 5.82 Å². The number of nitrogens with zero attached hydrogens (tertiary/aromatic N) is 1. The molecule has 0 saturated heterocycles. The van der Waals surface area contributed by atoms with E-state index in [1.54, 1.807) is 16.7 Å². The largest absolute Gasteiger partial charge is 0.262 e. The van der Waals surface area contributed by atoms with Crippen LogP contribution in [-0.2, 0) is 0 Å². The summed E-state index contributed by atoms with van der Waals surface area (Å²) in [5.41, 5.74) is 1.84. The Bertz CT molecular complexity index is 595. The highest BCUT2D eigenvalue weighted by Gasteiger charge is 2.12. The zero-order chi connectivity index (χ0) is 11.0. The molecule has 3 aromatic rings. The first-order valence-corrected chi connectivity index (χ1v) is 4.99. The first kappa shape index (κ1) is 9.09. The van der Waals surface area contributed by atoms with Gasteiger partial charge in [-0.15, -0.1) is 0 Å². The zero-order valence-electron chi connectivity index (χ0n) is 8.43. The molecule has 1 aromatic carbocycles. The number of rotatable bonds is 1. The van der Waals surface area contributed by atoms with Gasteiger partial charge in [-0.25, -0.2) is 8.91 Å². The van der Waals surface area contributed by atoms with Crippen LogP contribution in [0.15, 0.2) is 59.3 Å². The van der Waals surface area contributed by atoms with Gasteiger partial charge in [-0.3, -0.25) is 0 Å². The third-order valence-corrected chi connectivity index (χ3v) is 2.46. The molecule has 0 fully saturated rings. The summed E-state index contributed by atoms with van der Waals surface area (Å²) in [6.45, 7) is 0. The van der Waals surface area contributed by atoms with Crippen LogP contribution in [0.5, 0.6) is 0 Å². The van der Waals surface area contributed by atoms with E-state index in [-0.39, 0.29) is 5.82 Å². The number of hydrogen-bond acceptors (Lipinski definition) is 1. The van der Waals surface area contributed by atoms with Crippen molar-refractivity contribution >= 4 is 5.52 Å². The molecule has 16 heavy (non-hydrogen) atoms. The fourth-order valence-electron chi connectivity index (χ4n) is 1.65. The first-order chi connectivity index (χ1) is 7.83. The van der Waals surface area contributed by atoms with Crippen LogP contribution < -0.4 is 4.57 Å². The Morgan fingerprint density at radius 3 is 2.56 bits per heavy atom. The highest BCUT2D eigenvalue weighted by molar-refractivity contribution is 5.61. The van der Waals surface area contributed by atoms with Crippen LogP contribution in [-0.4, -0.2) is 0 Å². The SMILES string of the molecule is Fc1ccc(-c2cc3cccc[n+]3o2)cc1. The molecule has 0 amide bonds. The maximum absolute atomic E-state index is 12.8. The fraction of sp³-hybridized carbons (Fsp3) is 0. The summed E-state index contributed by atoms with van der Waals surface area (Å²) < 4.78 is 20.0. The van der Waals surface area contributed by atoms with Gasteiger partial charge in [-0.05, 0) is 30.3 Å². The van der Waals surface area contributed by atoms with Crippen molar-refractivity contribution < 1.29 is 13.5 Å². The van der Waals surface area contributed by atoms with E-state index in [4.69, 9.17) is 4.52 Å². The molecule has 0 saturated carbocycles. The van der Waals surface area contributed by atoms with Gasteiger partial charge >= 0.3 is 0 Å². The van der Waals surface area contributed by atoms with Crippen molar-refractivity contribution in [1.29, 1.82) is 0 Å². The second kappa shape index (κ2) is 3.45. The smallest absolute Gasteiger partial charge is 0.230 e. The summed E-state index contributed by atoms with van der Waals surface area (Å²) in [5, 5.41) is 0. The molecule has 78 valence electrons. The molecule has 0 atom stereocenters. The summed E-state index contributed by atoms with van der Waals surface area (Å²) in [4.78, 5) is 0. The van der Waals surface area contributed by atoms with Gasteiger partial charge in [-0.2, -0.15) is 0 Å². The van der Waals surface area contributed by atoms with E-state index < -0.39 is 0 Å². The quantitative estimate of drug-likeness (QED) is 0.569. The molecule has 3 rings (SSSR count). The van der Waals surface area contributed by atoms with E-state index in [0.717, 1.165) is 16.8 Å². The van der Waals surface area contributed by atoms with Gasteiger partial charge in [0.15, 0.2) is 0 Å². The van der Waals surface area contributed by atoms with Crippen molar-refractivity contribution in [1.82, 2.24) is 0 Å². The maximum atomic E-state index is 12.8. The Labute approximate surface area is 91.5 Å². The molecule has 0 spiro atoms. The van der Waals surface area contributed by atoms with Gasteiger partial charge in [0.05, 0.1) is 6.07 Å². The normalized spacial score (nSPS) is 10.8. The minimum Gasteiger partial charge on any atom is -0.230 e. The van der Waals surface area contributed by atoms with Gasteiger partial charge in [-0.1, -0.05) is 0 Å². The second-order valence-electron chi connectivity index (χ2n) is 3.56. The Kier molecular flexibility index (Phi) is 1.96. The minimum atomic E-state index is -0.243. The predicted molar refractivity (Wildman–Crippen MR) is 57.3 cm³/mol. The fourth-order valence-corrected chi connectivity index (χ4v) is 1.65. The van der Waals surface area contributed by atoms with Crippen molar-refractivity contribution in [2.45, 2.75) is 0 Å². The van der Waals surface area contributed by atoms with E-state index in [1.165, 1.54) is 12.1 Å². The van der Waals surface area contributed by atoms with Gasteiger partial charge in [0.25, 0.3) is 5.52 Å². The third-order valence-electron chi connectivity index (χ3n) is 2.46. The molecule has 0 bridgehead atoms. The number of hydrogen-bond donors (Lipinski definition) is 0. The number of aromatic nitrogens is 1. The zero-order valence-corrected chi connectivity index (χ0v) is 8.43. The van der Waals surface area contributed by atoms with Crippen LogP contribution in [0.1, 0.15) is 0 Å². The number of halogens is 1. The highest BCUT2D eigenvalue weighted by Crippen LogP contribution is 2.19. The van der Waals surface area contributed by atoms with Crippen LogP contribution >= 0.6 is 0 Å². The van der Waals surface area contributed by atoms with Crippen LogP contribution in [0.2, 0.25) is 0 Å². The summed E-state index contributed by atoms with van der Waals surface area (Å²) in [6, 6.07) is 14.0. The second-order valence-corrected chi connectivity index (χ2v) is 3.56. The average molecular weight is 214 g/mol. The van der Waals surface area contributed by atoms with Crippen LogP contribution in [0.3, 0.4) is 0 Å². The summed E-state index contributed by atoms with van der Waals surface area (Å²) in [5.74, 6) is 0.485. The van der Waals surface area contributed by atoms with E-state index >= 15 is 0 Å². The lowest BCUT2D eigenvalue weighted by Gasteiger charge is -1.91. The highest BCUT2D eigenvalue weighted by atomic mass is 19.1. The molecule has 0 aliphatic heterocycles. The van der Waals surface area contributed by atoms with Crippen molar-refractivity contribution in [2.24, 2.45) is 0 Å². The van der Waals surface area contributed by atoms with E-state index in [0.29, 0.717) is 0 Å². The number of pyridine rings is 1. The van der Waals surface area contributed by atoms with E-state index in [9.17, 15) is 4.39 Å². The van der Waals surface area contributed by atoms with Gasteiger partial charge in [0.2, 0.25) is 12.0 Å². The minimum absolute atomic E-state index is 0.243. The lowest BCUT2D eigenvalue weighted by Crippen LogP contribution is -2.15. The summed E-state index contributed by atoms with van der Waals surface area (Å²) in [7, 11) is 0. The van der Waals surface area contributed by atoms with Gasteiger partial charge in [0, 0.05) is 22.3 Å². The lowest BCUT2D eigenvalue weighted by atomic mass is 10.2.